The average Bonchev–Trinajstić information content (AvgIpc) is 2.67. The molecule has 1 aliphatic rings. The van der Waals surface area contributed by atoms with Crippen molar-refractivity contribution in [2.24, 2.45) is 0 Å². The number of ether oxygens (including phenoxy) is 1. The van der Waals surface area contributed by atoms with Crippen LogP contribution in [0.5, 0.6) is 5.75 Å². The summed E-state index contributed by atoms with van der Waals surface area (Å²) in [6.07, 6.45) is 0.968. The summed E-state index contributed by atoms with van der Waals surface area (Å²) in [4.78, 5) is 17.1. The number of carbonyl (C=O) groups excluding carboxylic acids is 1. The first-order valence-electron chi connectivity index (χ1n) is 8.88. The van der Waals surface area contributed by atoms with E-state index in [-0.39, 0.29) is 5.91 Å². The van der Waals surface area contributed by atoms with Crippen molar-refractivity contribution in [2.45, 2.75) is 13.3 Å². The maximum atomic E-state index is 12.7. The summed E-state index contributed by atoms with van der Waals surface area (Å²) >= 11 is 0. The Labute approximate surface area is 150 Å². The highest BCUT2D eigenvalue weighted by atomic mass is 16.5. The van der Waals surface area contributed by atoms with Gasteiger partial charge in [0.05, 0.1) is 7.11 Å². The first kappa shape index (κ1) is 17.5. The lowest BCUT2D eigenvalue weighted by atomic mass is 10.1. The molecule has 1 fully saturated rings. The van der Waals surface area contributed by atoms with Crippen LogP contribution in [0.2, 0.25) is 0 Å². The van der Waals surface area contributed by atoms with Crippen LogP contribution in [0.4, 0.5) is 0 Å². The lowest BCUT2D eigenvalue weighted by Crippen LogP contribution is -2.49. The van der Waals surface area contributed by atoms with Crippen molar-refractivity contribution in [1.82, 2.24) is 9.80 Å². The van der Waals surface area contributed by atoms with Gasteiger partial charge in [0, 0.05) is 38.3 Å². The van der Waals surface area contributed by atoms with Crippen LogP contribution in [0.1, 0.15) is 21.5 Å². The van der Waals surface area contributed by atoms with E-state index in [1.807, 2.05) is 48.2 Å². The predicted molar refractivity (Wildman–Crippen MR) is 100 cm³/mol. The van der Waals surface area contributed by atoms with Crippen LogP contribution in [-0.4, -0.2) is 55.5 Å². The summed E-state index contributed by atoms with van der Waals surface area (Å²) in [5.41, 5.74) is 3.11. The number of piperazine rings is 1. The summed E-state index contributed by atoms with van der Waals surface area (Å²) in [5, 5.41) is 0. The van der Waals surface area contributed by atoms with E-state index in [1.165, 1.54) is 5.56 Å². The van der Waals surface area contributed by atoms with Gasteiger partial charge >= 0.3 is 0 Å². The Balaban J connectivity index is 1.52. The second-order valence-corrected chi connectivity index (χ2v) is 6.51. The van der Waals surface area contributed by atoms with Crippen LogP contribution in [0.25, 0.3) is 0 Å². The van der Waals surface area contributed by atoms with Crippen LogP contribution >= 0.6 is 0 Å². The van der Waals surface area contributed by atoms with E-state index in [2.05, 4.69) is 17.0 Å². The highest BCUT2D eigenvalue weighted by Crippen LogP contribution is 2.18. The molecule has 4 nitrogen and oxygen atoms in total. The minimum atomic E-state index is 0.155. The first-order valence-corrected chi connectivity index (χ1v) is 8.88. The Kier molecular flexibility index (Phi) is 5.71. The minimum Gasteiger partial charge on any atom is -0.496 e. The van der Waals surface area contributed by atoms with Gasteiger partial charge in [-0.15, -0.1) is 0 Å². The number of para-hydroxylation sites is 1. The van der Waals surface area contributed by atoms with Crippen LogP contribution in [0, 0.1) is 6.92 Å². The lowest BCUT2D eigenvalue weighted by molar-refractivity contribution is 0.0637. The van der Waals surface area contributed by atoms with Crippen molar-refractivity contribution in [1.29, 1.82) is 0 Å². The number of aryl methyl sites for hydroxylation is 1. The fourth-order valence-corrected chi connectivity index (χ4v) is 3.35. The largest absolute Gasteiger partial charge is 0.496 e. The van der Waals surface area contributed by atoms with Crippen molar-refractivity contribution >= 4 is 5.91 Å². The molecule has 0 aliphatic carbocycles. The molecule has 4 heteroatoms. The molecule has 1 heterocycles. The highest BCUT2D eigenvalue weighted by molar-refractivity contribution is 5.95. The number of benzene rings is 2. The van der Waals surface area contributed by atoms with Crippen molar-refractivity contribution < 1.29 is 9.53 Å². The SMILES string of the molecule is COc1ccccc1CCN1CCN(C(=O)c2ccccc2C)CC1. The zero-order valence-corrected chi connectivity index (χ0v) is 15.1. The lowest BCUT2D eigenvalue weighted by Gasteiger charge is -2.35. The Bertz CT molecular complexity index is 721. The average molecular weight is 338 g/mol. The van der Waals surface area contributed by atoms with Gasteiger partial charge in [0.25, 0.3) is 5.91 Å². The fourth-order valence-electron chi connectivity index (χ4n) is 3.35. The second-order valence-electron chi connectivity index (χ2n) is 6.51. The topological polar surface area (TPSA) is 32.8 Å². The van der Waals surface area contributed by atoms with Gasteiger partial charge in [-0.25, -0.2) is 0 Å². The van der Waals surface area contributed by atoms with Crippen molar-refractivity contribution in [2.75, 3.05) is 39.8 Å². The summed E-state index contributed by atoms with van der Waals surface area (Å²) in [5.74, 6) is 1.11. The monoisotopic (exact) mass is 338 g/mol. The Hall–Kier alpha value is -2.33. The number of hydrogen-bond donors (Lipinski definition) is 0. The second kappa shape index (κ2) is 8.17. The quantitative estimate of drug-likeness (QED) is 0.840. The third-order valence-corrected chi connectivity index (χ3v) is 4.92. The summed E-state index contributed by atoms with van der Waals surface area (Å²) in [7, 11) is 1.72. The van der Waals surface area contributed by atoms with Crippen molar-refractivity contribution in [3.8, 4) is 5.75 Å². The van der Waals surface area contributed by atoms with E-state index in [1.54, 1.807) is 7.11 Å². The van der Waals surface area contributed by atoms with Gasteiger partial charge in [-0.3, -0.25) is 9.69 Å². The molecule has 0 radical (unpaired) electrons. The Morgan fingerprint density at radius 3 is 2.40 bits per heavy atom. The van der Waals surface area contributed by atoms with E-state index >= 15 is 0 Å². The van der Waals surface area contributed by atoms with Gasteiger partial charge in [0.2, 0.25) is 0 Å². The normalized spacial score (nSPS) is 15.2. The summed E-state index contributed by atoms with van der Waals surface area (Å²) in [6.45, 7) is 6.42. The van der Waals surface area contributed by atoms with Gasteiger partial charge < -0.3 is 9.64 Å². The number of nitrogens with zero attached hydrogens (tertiary/aromatic N) is 2. The third kappa shape index (κ3) is 4.20. The fraction of sp³-hybridized carbons (Fsp3) is 0.381. The molecule has 0 spiro atoms. The zero-order valence-electron chi connectivity index (χ0n) is 15.1. The maximum Gasteiger partial charge on any atom is 0.254 e. The van der Waals surface area contributed by atoms with Crippen LogP contribution in [-0.2, 0) is 6.42 Å². The maximum absolute atomic E-state index is 12.7. The van der Waals surface area contributed by atoms with Crippen molar-refractivity contribution in [3.63, 3.8) is 0 Å². The molecular weight excluding hydrogens is 312 g/mol. The number of hydrogen-bond acceptors (Lipinski definition) is 3. The molecule has 0 bridgehead atoms. The standard InChI is InChI=1S/C21H26N2O2/c1-17-7-3-5-9-19(17)21(24)23-15-13-22(14-16-23)12-11-18-8-4-6-10-20(18)25-2/h3-10H,11-16H2,1-2H3. The molecule has 0 unspecified atom stereocenters. The van der Waals surface area contributed by atoms with Gasteiger partial charge in [-0.2, -0.15) is 0 Å². The summed E-state index contributed by atoms with van der Waals surface area (Å²) in [6, 6.07) is 16.0. The van der Waals surface area contributed by atoms with Gasteiger partial charge in [-0.05, 0) is 36.6 Å². The minimum absolute atomic E-state index is 0.155. The highest BCUT2D eigenvalue weighted by Gasteiger charge is 2.22. The van der Waals surface area contributed by atoms with Gasteiger partial charge in [0.1, 0.15) is 5.75 Å². The van der Waals surface area contributed by atoms with E-state index in [4.69, 9.17) is 4.74 Å². The smallest absolute Gasteiger partial charge is 0.254 e. The molecule has 0 saturated carbocycles. The first-order chi connectivity index (χ1) is 12.2. The molecular formula is C21H26N2O2. The number of methoxy groups -OCH3 is 1. The number of amides is 1. The molecule has 1 saturated heterocycles. The zero-order chi connectivity index (χ0) is 17.6. The Morgan fingerprint density at radius 2 is 1.68 bits per heavy atom. The van der Waals surface area contributed by atoms with Crippen LogP contribution in [0.3, 0.4) is 0 Å². The molecule has 0 N–H and O–H groups in total. The summed E-state index contributed by atoms with van der Waals surface area (Å²) < 4.78 is 5.42. The molecule has 132 valence electrons. The van der Waals surface area contributed by atoms with Crippen molar-refractivity contribution in [3.05, 3.63) is 65.2 Å². The Morgan fingerprint density at radius 1 is 1.00 bits per heavy atom. The molecule has 0 aromatic heterocycles. The van der Waals surface area contributed by atoms with E-state index in [0.717, 1.165) is 56.0 Å². The van der Waals surface area contributed by atoms with Crippen LogP contribution < -0.4 is 4.74 Å². The molecule has 1 aliphatic heterocycles. The predicted octanol–water partition coefficient (Wildman–Crippen LogP) is 3.00. The molecule has 0 atom stereocenters. The third-order valence-electron chi connectivity index (χ3n) is 4.92. The van der Waals surface area contributed by atoms with E-state index in [9.17, 15) is 4.79 Å². The van der Waals surface area contributed by atoms with Gasteiger partial charge in [-0.1, -0.05) is 36.4 Å². The van der Waals surface area contributed by atoms with E-state index < -0.39 is 0 Å². The molecule has 2 aromatic rings. The van der Waals surface area contributed by atoms with E-state index in [0.29, 0.717) is 0 Å². The molecule has 25 heavy (non-hydrogen) atoms. The number of carbonyl (C=O) groups is 1. The molecule has 2 aromatic carbocycles. The van der Waals surface area contributed by atoms with Crippen LogP contribution in [0.15, 0.2) is 48.5 Å². The van der Waals surface area contributed by atoms with Gasteiger partial charge in [0.15, 0.2) is 0 Å². The number of rotatable bonds is 5. The molecule has 1 amide bonds. The molecule has 3 rings (SSSR count).